The summed E-state index contributed by atoms with van der Waals surface area (Å²) in [5.74, 6) is -0.0135. The predicted molar refractivity (Wildman–Crippen MR) is 107 cm³/mol. The molecule has 24 heavy (non-hydrogen) atoms. The molecule has 128 valence electrons. The van der Waals surface area contributed by atoms with Gasteiger partial charge in [-0.05, 0) is 32.9 Å². The number of fused-ring (bicyclic) bond motifs is 3. The summed E-state index contributed by atoms with van der Waals surface area (Å²) in [6.45, 7) is 14.6. The van der Waals surface area contributed by atoms with Gasteiger partial charge in [0.2, 0.25) is 0 Å². The first-order chi connectivity index (χ1) is 11.5. The van der Waals surface area contributed by atoms with E-state index in [1.807, 2.05) is 52.8 Å². The van der Waals surface area contributed by atoms with Crippen LogP contribution in [0.1, 0.15) is 49.9 Å². The van der Waals surface area contributed by atoms with Gasteiger partial charge in [0.1, 0.15) is 4.88 Å². The fraction of sp³-hybridized carbons (Fsp3) is 0.368. The largest absolute Gasteiger partial charge is 0.381 e. The second kappa shape index (κ2) is 7.62. The average Bonchev–Trinajstić information content (AvgIpc) is 2.86. The Kier molecular flexibility index (Phi) is 5.78. The van der Waals surface area contributed by atoms with Crippen molar-refractivity contribution in [3.63, 3.8) is 0 Å². The van der Waals surface area contributed by atoms with E-state index in [2.05, 4.69) is 22.2 Å². The average molecular weight is 343 g/mol. The monoisotopic (exact) mass is 343 g/mol. The van der Waals surface area contributed by atoms with E-state index >= 15 is 0 Å². The normalized spacial score (nSPS) is 16.0. The lowest BCUT2D eigenvalue weighted by Crippen LogP contribution is -2.34. The quantitative estimate of drug-likeness (QED) is 0.734. The lowest BCUT2D eigenvalue weighted by Gasteiger charge is -2.10. The Hall–Kier alpha value is -2.14. The van der Waals surface area contributed by atoms with E-state index in [1.54, 1.807) is 0 Å². The third-order valence-electron chi connectivity index (χ3n) is 3.59. The van der Waals surface area contributed by atoms with Crippen molar-refractivity contribution in [2.75, 3.05) is 11.9 Å². The van der Waals surface area contributed by atoms with Crippen molar-refractivity contribution in [3.05, 3.63) is 29.2 Å². The summed E-state index contributed by atoms with van der Waals surface area (Å²) in [6, 6.07) is 4.12. The predicted octanol–water partition coefficient (Wildman–Crippen LogP) is 5.23. The fourth-order valence-corrected chi connectivity index (χ4v) is 3.77. The van der Waals surface area contributed by atoms with Crippen LogP contribution in [-0.2, 0) is 0 Å². The van der Waals surface area contributed by atoms with Crippen LogP contribution in [0, 0.1) is 0 Å². The first-order valence-corrected chi connectivity index (χ1v) is 9.11. The molecule has 2 N–H and O–H groups in total. The number of carbonyl (C=O) groups excluding carboxylic acids is 1. The van der Waals surface area contributed by atoms with E-state index in [-0.39, 0.29) is 11.9 Å². The second-order valence-electron chi connectivity index (χ2n) is 5.70. The third kappa shape index (κ3) is 3.36. The van der Waals surface area contributed by atoms with Gasteiger partial charge in [-0.25, -0.2) is 0 Å². The molecule has 0 saturated carbocycles. The summed E-state index contributed by atoms with van der Waals surface area (Å²) in [5.41, 5.74) is 3.76. The van der Waals surface area contributed by atoms with Crippen molar-refractivity contribution >= 4 is 50.5 Å². The molecule has 0 radical (unpaired) electrons. The lowest BCUT2D eigenvalue weighted by atomic mass is 10.1. The van der Waals surface area contributed by atoms with Gasteiger partial charge in [-0.2, -0.15) is 0 Å². The highest BCUT2D eigenvalue weighted by atomic mass is 32.1. The number of nitrogens with one attached hydrogen (secondary N) is 2. The van der Waals surface area contributed by atoms with Crippen LogP contribution in [0.2, 0.25) is 0 Å². The van der Waals surface area contributed by atoms with E-state index in [0.717, 1.165) is 37.6 Å². The molecule has 0 spiro atoms. The second-order valence-corrected chi connectivity index (χ2v) is 6.75. The fourth-order valence-electron chi connectivity index (χ4n) is 2.68. The number of amides is 1. The maximum absolute atomic E-state index is 12.4. The molecule has 0 fully saturated rings. The van der Waals surface area contributed by atoms with E-state index in [0.29, 0.717) is 6.54 Å². The summed E-state index contributed by atoms with van der Waals surface area (Å²) < 4.78 is 1.07. The Morgan fingerprint density at radius 3 is 2.71 bits per heavy atom. The highest BCUT2D eigenvalue weighted by Gasteiger charge is 2.25. The van der Waals surface area contributed by atoms with Gasteiger partial charge in [0, 0.05) is 33.9 Å². The molecule has 5 heteroatoms. The van der Waals surface area contributed by atoms with Crippen LogP contribution < -0.4 is 10.6 Å². The van der Waals surface area contributed by atoms with Gasteiger partial charge in [-0.3, -0.25) is 9.79 Å². The van der Waals surface area contributed by atoms with Gasteiger partial charge in [-0.15, -0.1) is 11.3 Å². The van der Waals surface area contributed by atoms with E-state index < -0.39 is 0 Å². The Morgan fingerprint density at radius 1 is 1.38 bits per heavy atom. The van der Waals surface area contributed by atoms with Crippen LogP contribution >= 0.6 is 11.3 Å². The van der Waals surface area contributed by atoms with Crippen LogP contribution in [-0.4, -0.2) is 24.2 Å². The highest BCUT2D eigenvalue weighted by molar-refractivity contribution is 7.21. The minimum absolute atomic E-state index is 0.0135. The first-order valence-electron chi connectivity index (χ1n) is 8.30. The standard InChI is InChI=1S/C17H19N3OS.C2H6/c1-5-11-12(19-9(2)3)6-7-13-14(11)15-16(22-13)17(21)20-10(4)8-18-15;1-2/h5-7,10,18H,1,8H2,2-4H3,(H,20,21);1-2H3/t10-;/m1./s1. The minimum Gasteiger partial charge on any atom is -0.381 e. The van der Waals surface area contributed by atoms with Crippen molar-refractivity contribution in [3.8, 4) is 0 Å². The summed E-state index contributed by atoms with van der Waals surface area (Å²) in [4.78, 5) is 17.7. The Bertz CT molecular complexity index is 801. The van der Waals surface area contributed by atoms with Crippen molar-refractivity contribution in [1.29, 1.82) is 0 Å². The summed E-state index contributed by atoms with van der Waals surface area (Å²) in [7, 11) is 0. The number of thiophene rings is 1. The molecule has 0 aliphatic carbocycles. The van der Waals surface area contributed by atoms with Gasteiger partial charge >= 0.3 is 0 Å². The van der Waals surface area contributed by atoms with Crippen LogP contribution in [0.15, 0.2) is 23.7 Å². The van der Waals surface area contributed by atoms with Gasteiger partial charge in [0.15, 0.2) is 0 Å². The SMILES string of the molecule is C=Cc1c(N=C(C)C)ccc2sc3c(c12)NC[C@@H](C)NC3=O.CC. The Balaban J connectivity index is 0.00000100. The number of aliphatic imine (C=N–C) groups is 1. The van der Waals surface area contributed by atoms with Crippen LogP contribution in [0.3, 0.4) is 0 Å². The van der Waals surface area contributed by atoms with Gasteiger partial charge < -0.3 is 10.6 Å². The molecule has 0 unspecified atom stereocenters. The highest BCUT2D eigenvalue weighted by Crippen LogP contribution is 2.42. The number of carbonyl (C=O) groups is 1. The Morgan fingerprint density at radius 2 is 2.08 bits per heavy atom. The maximum atomic E-state index is 12.4. The molecule has 1 aromatic carbocycles. The number of anilines is 1. The lowest BCUT2D eigenvalue weighted by molar-refractivity contribution is 0.0949. The molecular weight excluding hydrogens is 318 g/mol. The zero-order valence-electron chi connectivity index (χ0n) is 15.0. The molecule has 1 atom stereocenters. The van der Waals surface area contributed by atoms with E-state index in [1.165, 1.54) is 11.3 Å². The first kappa shape index (κ1) is 18.2. The molecule has 4 nitrogen and oxygen atoms in total. The molecule has 2 aromatic rings. The van der Waals surface area contributed by atoms with Gasteiger partial charge in [0.25, 0.3) is 5.91 Å². The number of hydrogen-bond donors (Lipinski definition) is 2. The molecule has 0 saturated heterocycles. The van der Waals surface area contributed by atoms with Crippen molar-refractivity contribution in [2.45, 2.75) is 40.7 Å². The Labute approximate surface area is 147 Å². The van der Waals surface area contributed by atoms with E-state index in [9.17, 15) is 4.79 Å². The molecule has 3 rings (SSSR count). The van der Waals surface area contributed by atoms with Crippen LogP contribution in [0.5, 0.6) is 0 Å². The number of benzene rings is 1. The van der Waals surface area contributed by atoms with Gasteiger partial charge in [0.05, 0.1) is 11.4 Å². The number of nitrogens with zero attached hydrogens (tertiary/aromatic N) is 1. The van der Waals surface area contributed by atoms with E-state index in [4.69, 9.17) is 0 Å². The van der Waals surface area contributed by atoms with Crippen LogP contribution in [0.4, 0.5) is 11.4 Å². The zero-order valence-corrected chi connectivity index (χ0v) is 15.8. The molecule has 1 aliphatic rings. The minimum atomic E-state index is -0.0135. The smallest absolute Gasteiger partial charge is 0.263 e. The number of hydrogen-bond acceptors (Lipinski definition) is 4. The third-order valence-corrected chi connectivity index (χ3v) is 4.74. The summed E-state index contributed by atoms with van der Waals surface area (Å²) in [6.07, 6.45) is 1.82. The molecule has 1 aliphatic heterocycles. The summed E-state index contributed by atoms with van der Waals surface area (Å²) in [5, 5.41) is 7.46. The topological polar surface area (TPSA) is 53.5 Å². The molecular formula is C19H25N3OS. The zero-order chi connectivity index (χ0) is 17.9. The van der Waals surface area contributed by atoms with Crippen molar-refractivity contribution < 1.29 is 4.79 Å². The van der Waals surface area contributed by atoms with Gasteiger partial charge in [-0.1, -0.05) is 26.5 Å². The molecule has 1 amide bonds. The molecule has 2 heterocycles. The number of rotatable bonds is 2. The maximum Gasteiger partial charge on any atom is 0.263 e. The van der Waals surface area contributed by atoms with Crippen molar-refractivity contribution in [1.82, 2.24) is 5.32 Å². The summed E-state index contributed by atoms with van der Waals surface area (Å²) >= 11 is 1.51. The van der Waals surface area contributed by atoms with Crippen molar-refractivity contribution in [2.24, 2.45) is 4.99 Å². The molecule has 1 aromatic heterocycles. The molecule has 0 bridgehead atoms. The van der Waals surface area contributed by atoms with Crippen LogP contribution in [0.25, 0.3) is 16.2 Å².